The van der Waals surface area contributed by atoms with Crippen LogP contribution in [0.1, 0.15) is 36.2 Å². The fourth-order valence-electron chi connectivity index (χ4n) is 3.38. The van der Waals surface area contributed by atoms with E-state index in [9.17, 15) is 9.59 Å². The molecule has 164 valence electrons. The molecule has 32 heavy (non-hydrogen) atoms. The van der Waals surface area contributed by atoms with E-state index in [1.165, 1.54) is 11.3 Å². The highest BCUT2D eigenvalue weighted by molar-refractivity contribution is 7.20. The molecular formula is C24H25N5O2S. The summed E-state index contributed by atoms with van der Waals surface area (Å²) in [6, 6.07) is 12.4. The maximum Gasteiger partial charge on any atom is 0.251 e. The number of amides is 2. The van der Waals surface area contributed by atoms with E-state index in [-0.39, 0.29) is 17.7 Å². The number of carbonyl (C=O) groups excluding carboxylic acids is 2. The van der Waals surface area contributed by atoms with Crippen molar-refractivity contribution in [1.29, 1.82) is 0 Å². The molecule has 3 heterocycles. The van der Waals surface area contributed by atoms with Crippen molar-refractivity contribution in [3.63, 3.8) is 0 Å². The third kappa shape index (κ3) is 5.20. The van der Waals surface area contributed by atoms with Gasteiger partial charge in [-0.25, -0.2) is 4.98 Å². The first kappa shape index (κ1) is 21.7. The molecular weight excluding hydrogens is 422 g/mol. The number of hydrogen-bond acceptors (Lipinski definition) is 5. The van der Waals surface area contributed by atoms with E-state index >= 15 is 0 Å². The quantitative estimate of drug-likeness (QED) is 0.428. The molecule has 0 saturated heterocycles. The molecule has 1 atom stereocenters. The Labute approximate surface area is 190 Å². The zero-order valence-electron chi connectivity index (χ0n) is 18.0. The van der Waals surface area contributed by atoms with Gasteiger partial charge in [0.15, 0.2) is 5.13 Å². The number of benzene rings is 1. The van der Waals surface area contributed by atoms with Gasteiger partial charge in [-0.2, -0.15) is 0 Å². The van der Waals surface area contributed by atoms with Gasteiger partial charge in [0.05, 0.1) is 10.2 Å². The lowest BCUT2D eigenvalue weighted by Gasteiger charge is -2.20. The van der Waals surface area contributed by atoms with Crippen molar-refractivity contribution < 1.29 is 9.59 Å². The van der Waals surface area contributed by atoms with E-state index in [1.54, 1.807) is 18.5 Å². The molecule has 0 aliphatic heterocycles. The van der Waals surface area contributed by atoms with Gasteiger partial charge in [-0.15, -0.1) is 0 Å². The molecule has 4 aromatic rings. The van der Waals surface area contributed by atoms with E-state index in [4.69, 9.17) is 0 Å². The van der Waals surface area contributed by atoms with Crippen molar-refractivity contribution in [3.05, 3.63) is 78.4 Å². The Kier molecular flexibility index (Phi) is 6.61. The molecule has 0 saturated carbocycles. The van der Waals surface area contributed by atoms with Crippen LogP contribution in [0, 0.1) is 5.92 Å². The van der Waals surface area contributed by atoms with Crippen LogP contribution in [0.25, 0.3) is 15.3 Å². The van der Waals surface area contributed by atoms with Crippen LogP contribution in [0.4, 0.5) is 0 Å². The van der Waals surface area contributed by atoms with Crippen LogP contribution >= 0.6 is 11.3 Å². The topological polar surface area (TPSA) is 88.9 Å². The third-order valence-electron chi connectivity index (χ3n) is 5.01. The van der Waals surface area contributed by atoms with Crippen molar-refractivity contribution in [2.45, 2.75) is 32.9 Å². The third-order valence-corrected chi connectivity index (χ3v) is 6.04. The average molecular weight is 448 g/mol. The predicted octanol–water partition coefficient (Wildman–Crippen LogP) is 3.94. The number of pyridine rings is 1. The Hall–Kier alpha value is -3.52. The Morgan fingerprint density at radius 1 is 1.09 bits per heavy atom. The Bertz CT molecular complexity index is 1200. The summed E-state index contributed by atoms with van der Waals surface area (Å²) in [5, 5.41) is 6.68. The lowest BCUT2D eigenvalue weighted by Crippen LogP contribution is -2.47. The summed E-state index contributed by atoms with van der Waals surface area (Å²) in [6.45, 7) is 4.45. The average Bonchev–Trinajstić information content (AvgIpc) is 3.46. The molecule has 8 heteroatoms. The van der Waals surface area contributed by atoms with E-state index in [0.717, 1.165) is 20.9 Å². The summed E-state index contributed by atoms with van der Waals surface area (Å²) < 4.78 is 2.86. The first-order chi connectivity index (χ1) is 15.5. The van der Waals surface area contributed by atoms with Crippen molar-refractivity contribution in [2.75, 3.05) is 0 Å². The second-order valence-electron chi connectivity index (χ2n) is 8.00. The number of hydrogen-bond donors (Lipinski definition) is 2. The summed E-state index contributed by atoms with van der Waals surface area (Å²) in [6.07, 6.45) is 7.80. The van der Waals surface area contributed by atoms with Crippen LogP contribution in [0.5, 0.6) is 0 Å². The highest BCUT2D eigenvalue weighted by Crippen LogP contribution is 2.26. The number of rotatable bonds is 8. The molecule has 0 bridgehead atoms. The van der Waals surface area contributed by atoms with Gasteiger partial charge in [0.25, 0.3) is 5.91 Å². The van der Waals surface area contributed by atoms with Crippen LogP contribution in [0.3, 0.4) is 0 Å². The summed E-state index contributed by atoms with van der Waals surface area (Å²) in [4.78, 5) is 34.4. The van der Waals surface area contributed by atoms with Crippen LogP contribution in [-0.2, 0) is 11.3 Å². The molecule has 1 aromatic carbocycles. The van der Waals surface area contributed by atoms with E-state index in [0.29, 0.717) is 18.5 Å². The molecule has 0 radical (unpaired) electrons. The fourth-order valence-corrected chi connectivity index (χ4v) is 4.36. The predicted molar refractivity (Wildman–Crippen MR) is 126 cm³/mol. The summed E-state index contributed by atoms with van der Waals surface area (Å²) >= 11 is 1.52. The molecule has 0 spiro atoms. The molecule has 0 unspecified atom stereocenters. The number of thiazole rings is 1. The van der Waals surface area contributed by atoms with Gasteiger partial charge < -0.3 is 15.2 Å². The van der Waals surface area contributed by atoms with Gasteiger partial charge in [-0.1, -0.05) is 25.2 Å². The monoisotopic (exact) mass is 447 g/mol. The second kappa shape index (κ2) is 9.74. The zero-order chi connectivity index (χ0) is 22.5. The van der Waals surface area contributed by atoms with Crippen molar-refractivity contribution >= 4 is 33.4 Å². The van der Waals surface area contributed by atoms with Gasteiger partial charge in [0.1, 0.15) is 6.04 Å². The number of nitrogens with one attached hydrogen (secondary N) is 2. The largest absolute Gasteiger partial charge is 0.350 e. The Balaban J connectivity index is 1.47. The molecule has 0 aliphatic carbocycles. The first-order valence-electron chi connectivity index (χ1n) is 10.5. The molecule has 2 amide bonds. The normalized spacial score (nSPS) is 12.1. The highest BCUT2D eigenvalue weighted by atomic mass is 32.1. The molecule has 0 aliphatic rings. The lowest BCUT2D eigenvalue weighted by molar-refractivity contribution is -0.123. The fraction of sp³-hybridized carbons (Fsp3) is 0.250. The van der Waals surface area contributed by atoms with Gasteiger partial charge in [-0.05, 0) is 60.4 Å². The van der Waals surface area contributed by atoms with Gasteiger partial charge in [0, 0.05) is 36.9 Å². The van der Waals surface area contributed by atoms with E-state index in [2.05, 4.69) is 20.6 Å². The molecule has 4 rings (SSSR count). The summed E-state index contributed by atoms with van der Waals surface area (Å²) in [5.41, 5.74) is 2.30. The van der Waals surface area contributed by atoms with Crippen LogP contribution in [0.2, 0.25) is 0 Å². The van der Waals surface area contributed by atoms with Crippen LogP contribution in [0.15, 0.2) is 67.3 Å². The summed E-state index contributed by atoms with van der Waals surface area (Å²) in [7, 11) is 0. The molecule has 7 nitrogen and oxygen atoms in total. The van der Waals surface area contributed by atoms with Crippen molar-refractivity contribution in [1.82, 2.24) is 25.2 Å². The minimum absolute atomic E-state index is 0.197. The maximum absolute atomic E-state index is 13.0. The smallest absolute Gasteiger partial charge is 0.251 e. The lowest BCUT2D eigenvalue weighted by atomic mass is 10.0. The van der Waals surface area contributed by atoms with Crippen molar-refractivity contribution in [3.8, 4) is 5.13 Å². The van der Waals surface area contributed by atoms with Gasteiger partial charge in [0.2, 0.25) is 5.91 Å². The Morgan fingerprint density at radius 3 is 2.56 bits per heavy atom. The van der Waals surface area contributed by atoms with Crippen LogP contribution < -0.4 is 10.6 Å². The SMILES string of the molecule is CC(C)C[C@@H](NC(=O)c1ccc2nc(-n3cccc3)sc2c1)C(=O)NCc1ccncc1. The van der Waals surface area contributed by atoms with E-state index in [1.807, 2.05) is 67.2 Å². The minimum Gasteiger partial charge on any atom is -0.350 e. The number of aromatic nitrogens is 3. The van der Waals surface area contributed by atoms with Crippen LogP contribution in [-0.4, -0.2) is 32.4 Å². The standard InChI is InChI=1S/C24H25N5O2S/c1-16(2)13-20(23(31)26-15-17-7-9-25-10-8-17)27-22(30)18-5-6-19-21(14-18)32-24(28-19)29-11-3-4-12-29/h3-12,14,16,20H,13,15H2,1-2H3,(H,26,31)(H,27,30)/t20-/m1/s1. The second-order valence-corrected chi connectivity index (χ2v) is 9.01. The molecule has 3 aromatic heterocycles. The molecule has 0 fully saturated rings. The minimum atomic E-state index is -0.614. The summed E-state index contributed by atoms with van der Waals surface area (Å²) in [5.74, 6) is -0.217. The molecule has 2 N–H and O–H groups in total. The Morgan fingerprint density at radius 2 is 1.84 bits per heavy atom. The maximum atomic E-state index is 13.0. The zero-order valence-corrected chi connectivity index (χ0v) is 18.8. The van der Waals surface area contributed by atoms with E-state index < -0.39 is 6.04 Å². The highest BCUT2D eigenvalue weighted by Gasteiger charge is 2.23. The van der Waals surface area contributed by atoms with Gasteiger partial charge in [-0.3, -0.25) is 14.6 Å². The number of carbonyl (C=O) groups is 2. The first-order valence-corrected chi connectivity index (χ1v) is 11.3. The number of nitrogens with zero attached hydrogens (tertiary/aromatic N) is 3. The number of fused-ring (bicyclic) bond motifs is 1. The van der Waals surface area contributed by atoms with Crippen molar-refractivity contribution in [2.24, 2.45) is 5.92 Å². The van der Waals surface area contributed by atoms with Gasteiger partial charge >= 0.3 is 0 Å².